The molecular weight excluding hydrogens is 166 g/mol. The molecule has 0 bridgehead atoms. The molecule has 0 amide bonds. The Morgan fingerprint density at radius 2 is 2.31 bits per heavy atom. The van der Waals surface area contributed by atoms with Gasteiger partial charge in [0.25, 0.3) is 5.56 Å². The van der Waals surface area contributed by atoms with Crippen molar-refractivity contribution in [2.45, 2.75) is 13.5 Å². The Morgan fingerprint density at radius 3 is 3.00 bits per heavy atom. The van der Waals surface area contributed by atoms with Crippen LogP contribution in [0.3, 0.4) is 0 Å². The van der Waals surface area contributed by atoms with Crippen LogP contribution in [0.1, 0.15) is 6.92 Å². The molecule has 0 spiro atoms. The summed E-state index contributed by atoms with van der Waals surface area (Å²) in [6.45, 7) is 2.86. The highest BCUT2D eigenvalue weighted by molar-refractivity contribution is 5.74. The van der Waals surface area contributed by atoms with Crippen LogP contribution in [0, 0.1) is 0 Å². The molecule has 68 valence electrons. The van der Waals surface area contributed by atoms with E-state index in [-0.39, 0.29) is 5.56 Å². The van der Waals surface area contributed by atoms with Gasteiger partial charge in [0, 0.05) is 19.8 Å². The highest BCUT2D eigenvalue weighted by atomic mass is 16.1. The smallest absolute Gasteiger partial charge is 0.262 e. The maximum absolute atomic E-state index is 11.6. The first kappa shape index (κ1) is 8.04. The van der Waals surface area contributed by atoms with E-state index in [1.165, 1.54) is 4.57 Å². The summed E-state index contributed by atoms with van der Waals surface area (Å²) >= 11 is 0. The number of nitrogens with zero attached hydrogens (tertiary/aromatic N) is 3. The van der Waals surface area contributed by atoms with Gasteiger partial charge in [0.15, 0.2) is 0 Å². The van der Waals surface area contributed by atoms with E-state index in [9.17, 15) is 4.79 Å². The summed E-state index contributed by atoms with van der Waals surface area (Å²) in [5, 5.41) is 0.687. The molecule has 0 N–H and O–H groups in total. The van der Waals surface area contributed by atoms with Gasteiger partial charge in [0.1, 0.15) is 5.65 Å². The Labute approximate surface area is 75.4 Å². The molecule has 2 rings (SSSR count). The fraction of sp³-hybridized carbons (Fsp3) is 0.333. The molecule has 0 aliphatic heterocycles. The van der Waals surface area contributed by atoms with Crippen molar-refractivity contribution in [3.63, 3.8) is 0 Å². The molecule has 0 unspecified atom stereocenters. The summed E-state index contributed by atoms with van der Waals surface area (Å²) < 4.78 is 3.44. The number of hydrogen-bond acceptors (Lipinski definition) is 2. The zero-order valence-electron chi connectivity index (χ0n) is 7.69. The Morgan fingerprint density at radius 1 is 1.54 bits per heavy atom. The average Bonchev–Trinajstić information content (AvgIpc) is 2.55. The summed E-state index contributed by atoms with van der Waals surface area (Å²) in [4.78, 5) is 15.8. The van der Waals surface area contributed by atoms with Crippen molar-refractivity contribution in [3.05, 3.63) is 28.9 Å². The van der Waals surface area contributed by atoms with Crippen LogP contribution in [0.25, 0.3) is 11.0 Å². The molecule has 0 aliphatic rings. The second-order valence-corrected chi connectivity index (χ2v) is 3.00. The van der Waals surface area contributed by atoms with E-state index in [1.54, 1.807) is 13.4 Å². The molecule has 0 atom stereocenters. The zero-order chi connectivity index (χ0) is 9.42. The fourth-order valence-electron chi connectivity index (χ4n) is 1.41. The van der Waals surface area contributed by atoms with Crippen molar-refractivity contribution < 1.29 is 0 Å². The summed E-state index contributed by atoms with van der Waals surface area (Å²) in [5.74, 6) is 0. The number of aromatic nitrogens is 3. The van der Waals surface area contributed by atoms with E-state index in [2.05, 4.69) is 4.98 Å². The van der Waals surface area contributed by atoms with Gasteiger partial charge in [-0.15, -0.1) is 0 Å². The minimum absolute atomic E-state index is 0.0113. The van der Waals surface area contributed by atoms with Gasteiger partial charge in [-0.2, -0.15) is 0 Å². The van der Waals surface area contributed by atoms with Crippen LogP contribution in [0.4, 0.5) is 0 Å². The maximum Gasteiger partial charge on any atom is 0.262 e. The molecule has 4 nitrogen and oxygen atoms in total. The molecule has 13 heavy (non-hydrogen) atoms. The topological polar surface area (TPSA) is 39.8 Å². The molecule has 0 radical (unpaired) electrons. The van der Waals surface area contributed by atoms with E-state index >= 15 is 0 Å². The van der Waals surface area contributed by atoms with E-state index < -0.39 is 0 Å². The Kier molecular flexibility index (Phi) is 1.69. The SMILES string of the molecule is CCn1ccc2c(=O)n(C)cnc21. The molecule has 2 aromatic heterocycles. The first-order valence-corrected chi connectivity index (χ1v) is 4.24. The van der Waals surface area contributed by atoms with Gasteiger partial charge in [-0.05, 0) is 13.0 Å². The minimum Gasteiger partial charge on any atom is -0.333 e. The molecule has 2 aromatic rings. The second-order valence-electron chi connectivity index (χ2n) is 3.00. The molecule has 0 saturated heterocycles. The summed E-state index contributed by atoms with van der Waals surface area (Å²) in [6.07, 6.45) is 3.44. The highest BCUT2D eigenvalue weighted by Gasteiger charge is 2.04. The molecule has 0 saturated carbocycles. The first-order valence-electron chi connectivity index (χ1n) is 4.24. The molecule has 4 heteroatoms. The molecule has 0 aromatic carbocycles. The van der Waals surface area contributed by atoms with Crippen LogP contribution in [0.15, 0.2) is 23.4 Å². The predicted molar refractivity (Wildman–Crippen MR) is 50.6 cm³/mol. The van der Waals surface area contributed by atoms with Gasteiger partial charge < -0.3 is 9.13 Å². The van der Waals surface area contributed by atoms with Crippen LogP contribution < -0.4 is 5.56 Å². The Hall–Kier alpha value is -1.58. The normalized spacial score (nSPS) is 10.9. The Balaban J connectivity index is 2.89. The van der Waals surface area contributed by atoms with Crippen molar-refractivity contribution in [1.82, 2.24) is 14.1 Å². The third kappa shape index (κ3) is 1.06. The van der Waals surface area contributed by atoms with Gasteiger partial charge in [-0.3, -0.25) is 4.79 Å². The third-order valence-corrected chi connectivity index (χ3v) is 2.18. The van der Waals surface area contributed by atoms with Crippen molar-refractivity contribution in [3.8, 4) is 0 Å². The molecule has 0 aliphatic carbocycles. The maximum atomic E-state index is 11.6. The van der Waals surface area contributed by atoms with E-state index in [0.29, 0.717) is 5.39 Å². The van der Waals surface area contributed by atoms with E-state index in [4.69, 9.17) is 0 Å². The predicted octanol–water partition coefficient (Wildman–Crippen LogP) is 0.755. The van der Waals surface area contributed by atoms with Crippen molar-refractivity contribution in [1.29, 1.82) is 0 Å². The monoisotopic (exact) mass is 177 g/mol. The quantitative estimate of drug-likeness (QED) is 0.645. The highest BCUT2D eigenvalue weighted by Crippen LogP contribution is 2.07. The third-order valence-electron chi connectivity index (χ3n) is 2.18. The van der Waals surface area contributed by atoms with Crippen molar-refractivity contribution in [2.75, 3.05) is 0 Å². The van der Waals surface area contributed by atoms with Gasteiger partial charge in [-0.1, -0.05) is 0 Å². The van der Waals surface area contributed by atoms with Gasteiger partial charge in [0.2, 0.25) is 0 Å². The first-order chi connectivity index (χ1) is 6.24. The number of fused-ring (bicyclic) bond motifs is 1. The largest absolute Gasteiger partial charge is 0.333 e. The summed E-state index contributed by atoms with van der Waals surface area (Å²) in [6, 6.07) is 1.81. The lowest BCUT2D eigenvalue weighted by Crippen LogP contribution is -2.16. The van der Waals surface area contributed by atoms with Gasteiger partial charge in [0.05, 0.1) is 11.7 Å². The molecular formula is C9H11N3O. The van der Waals surface area contributed by atoms with Crippen molar-refractivity contribution in [2.24, 2.45) is 7.05 Å². The molecule has 0 fully saturated rings. The van der Waals surface area contributed by atoms with Gasteiger partial charge >= 0.3 is 0 Å². The lowest BCUT2D eigenvalue weighted by atomic mass is 10.4. The zero-order valence-corrected chi connectivity index (χ0v) is 7.69. The second kappa shape index (κ2) is 2.73. The lowest BCUT2D eigenvalue weighted by Gasteiger charge is -1.99. The standard InChI is InChI=1S/C9H11N3O/c1-3-12-5-4-7-8(12)10-6-11(2)9(7)13/h4-6H,3H2,1-2H3. The lowest BCUT2D eigenvalue weighted by molar-refractivity contribution is 0.774. The van der Waals surface area contributed by atoms with E-state index in [0.717, 1.165) is 12.2 Å². The number of aryl methyl sites for hydroxylation is 2. The molecule has 2 heterocycles. The van der Waals surface area contributed by atoms with Crippen LogP contribution in [0.5, 0.6) is 0 Å². The van der Waals surface area contributed by atoms with Gasteiger partial charge in [-0.25, -0.2) is 4.98 Å². The number of rotatable bonds is 1. The summed E-state index contributed by atoms with van der Waals surface area (Å²) in [7, 11) is 1.71. The average molecular weight is 177 g/mol. The van der Waals surface area contributed by atoms with Crippen LogP contribution >= 0.6 is 0 Å². The minimum atomic E-state index is 0.0113. The van der Waals surface area contributed by atoms with E-state index in [1.807, 2.05) is 23.8 Å². The fourth-order valence-corrected chi connectivity index (χ4v) is 1.41. The van der Waals surface area contributed by atoms with Crippen molar-refractivity contribution >= 4 is 11.0 Å². The Bertz CT molecular complexity index is 495. The van der Waals surface area contributed by atoms with Crippen LogP contribution in [-0.4, -0.2) is 14.1 Å². The summed E-state index contributed by atoms with van der Waals surface area (Å²) in [5.41, 5.74) is 0.780. The number of hydrogen-bond donors (Lipinski definition) is 0. The van der Waals surface area contributed by atoms with Crippen LogP contribution in [0.2, 0.25) is 0 Å². The van der Waals surface area contributed by atoms with Crippen LogP contribution in [-0.2, 0) is 13.6 Å².